The molecule has 0 bridgehead atoms. The number of carbonyl (C=O) groups excluding carboxylic acids is 1. The minimum Gasteiger partial charge on any atom is -0.397 e. The number of pyridine rings is 1. The van der Waals surface area contributed by atoms with Crippen LogP contribution in [0.4, 0.5) is 11.5 Å². The van der Waals surface area contributed by atoms with E-state index in [1.807, 2.05) is 13.8 Å². The zero-order chi connectivity index (χ0) is 14.0. The Hall–Kier alpha value is -2.37. The number of hydrogen-bond donors (Lipinski definition) is 2. The molecule has 0 aliphatic carbocycles. The molecule has 2 heterocycles. The van der Waals surface area contributed by atoms with E-state index in [9.17, 15) is 4.79 Å². The first-order valence-corrected chi connectivity index (χ1v) is 6.07. The Morgan fingerprint density at radius 2 is 2.26 bits per heavy atom. The molecule has 0 saturated heterocycles. The van der Waals surface area contributed by atoms with Crippen LogP contribution in [0, 0.1) is 6.92 Å². The SMILES string of the molecule is CCc1nn(C)cc1C(=O)Nc1ncc(N)cc1C. The molecule has 0 fully saturated rings. The van der Waals surface area contributed by atoms with Crippen molar-refractivity contribution >= 4 is 17.4 Å². The van der Waals surface area contributed by atoms with Crippen LogP contribution >= 0.6 is 0 Å². The van der Waals surface area contributed by atoms with Crippen LogP contribution in [0.15, 0.2) is 18.5 Å². The van der Waals surface area contributed by atoms with Crippen LogP contribution in [0.25, 0.3) is 0 Å². The number of nitrogens with two attached hydrogens (primary N) is 1. The van der Waals surface area contributed by atoms with Crippen LogP contribution < -0.4 is 11.1 Å². The van der Waals surface area contributed by atoms with E-state index in [0.717, 1.165) is 11.3 Å². The quantitative estimate of drug-likeness (QED) is 0.875. The van der Waals surface area contributed by atoms with Gasteiger partial charge in [0.1, 0.15) is 5.82 Å². The van der Waals surface area contributed by atoms with Gasteiger partial charge in [0.05, 0.1) is 23.1 Å². The summed E-state index contributed by atoms with van der Waals surface area (Å²) in [7, 11) is 1.79. The molecule has 19 heavy (non-hydrogen) atoms. The van der Waals surface area contributed by atoms with Crippen LogP contribution in [-0.2, 0) is 13.5 Å². The monoisotopic (exact) mass is 259 g/mol. The molecule has 2 aromatic heterocycles. The molecule has 6 nitrogen and oxygen atoms in total. The van der Waals surface area contributed by atoms with Crippen molar-refractivity contribution in [2.24, 2.45) is 7.05 Å². The summed E-state index contributed by atoms with van der Waals surface area (Å²) in [5.41, 5.74) is 8.38. The average molecular weight is 259 g/mol. The average Bonchev–Trinajstić information content (AvgIpc) is 2.74. The van der Waals surface area contributed by atoms with Gasteiger partial charge in [0.2, 0.25) is 0 Å². The molecule has 0 radical (unpaired) electrons. The van der Waals surface area contributed by atoms with Crippen molar-refractivity contribution in [3.63, 3.8) is 0 Å². The molecule has 0 saturated carbocycles. The fraction of sp³-hybridized carbons (Fsp3) is 0.308. The normalized spacial score (nSPS) is 10.5. The Labute approximate surface area is 111 Å². The van der Waals surface area contributed by atoms with Crippen LogP contribution in [0.2, 0.25) is 0 Å². The number of aryl methyl sites for hydroxylation is 3. The van der Waals surface area contributed by atoms with Crippen molar-refractivity contribution in [2.45, 2.75) is 20.3 Å². The first-order valence-electron chi connectivity index (χ1n) is 6.07. The third-order valence-corrected chi connectivity index (χ3v) is 2.82. The third-order valence-electron chi connectivity index (χ3n) is 2.82. The van der Waals surface area contributed by atoms with Gasteiger partial charge in [-0.1, -0.05) is 6.92 Å². The van der Waals surface area contributed by atoms with E-state index in [0.29, 0.717) is 23.5 Å². The molecule has 0 spiro atoms. The molecule has 0 aliphatic heterocycles. The van der Waals surface area contributed by atoms with Gasteiger partial charge in [-0.3, -0.25) is 9.48 Å². The Balaban J connectivity index is 2.25. The molecular weight excluding hydrogens is 242 g/mol. The number of rotatable bonds is 3. The van der Waals surface area contributed by atoms with E-state index >= 15 is 0 Å². The number of carbonyl (C=O) groups is 1. The lowest BCUT2D eigenvalue weighted by atomic mass is 10.2. The first-order chi connectivity index (χ1) is 9.01. The summed E-state index contributed by atoms with van der Waals surface area (Å²) in [6, 6.07) is 1.77. The van der Waals surface area contributed by atoms with Crippen LogP contribution in [0.1, 0.15) is 28.5 Å². The molecule has 2 aromatic rings. The van der Waals surface area contributed by atoms with Crippen molar-refractivity contribution in [2.75, 3.05) is 11.1 Å². The molecule has 0 aromatic carbocycles. The number of amides is 1. The van der Waals surface area contributed by atoms with Crippen molar-refractivity contribution < 1.29 is 4.79 Å². The van der Waals surface area contributed by atoms with Gasteiger partial charge in [0, 0.05) is 13.2 Å². The highest BCUT2D eigenvalue weighted by atomic mass is 16.1. The standard InChI is InChI=1S/C13H17N5O/c1-4-11-10(7-18(3)17-11)13(19)16-12-8(2)5-9(14)6-15-12/h5-7H,4,14H2,1-3H3,(H,15,16,19). The molecule has 0 aliphatic rings. The van der Waals surface area contributed by atoms with Crippen LogP contribution in [0.3, 0.4) is 0 Å². The van der Waals surface area contributed by atoms with E-state index in [1.165, 1.54) is 6.20 Å². The summed E-state index contributed by atoms with van der Waals surface area (Å²) >= 11 is 0. The van der Waals surface area contributed by atoms with Gasteiger partial charge in [-0.2, -0.15) is 5.10 Å². The molecule has 6 heteroatoms. The predicted molar refractivity (Wildman–Crippen MR) is 73.9 cm³/mol. The Bertz CT molecular complexity index is 617. The lowest BCUT2D eigenvalue weighted by molar-refractivity contribution is 0.102. The number of hydrogen-bond acceptors (Lipinski definition) is 4. The lowest BCUT2D eigenvalue weighted by Crippen LogP contribution is -2.15. The van der Waals surface area contributed by atoms with E-state index < -0.39 is 0 Å². The minimum atomic E-state index is -0.203. The highest BCUT2D eigenvalue weighted by Crippen LogP contribution is 2.16. The predicted octanol–water partition coefficient (Wildman–Crippen LogP) is 1.52. The maximum absolute atomic E-state index is 12.2. The smallest absolute Gasteiger partial charge is 0.260 e. The van der Waals surface area contributed by atoms with E-state index in [2.05, 4.69) is 15.4 Å². The Kier molecular flexibility index (Phi) is 3.50. The fourth-order valence-electron chi connectivity index (χ4n) is 1.89. The van der Waals surface area contributed by atoms with Crippen molar-refractivity contribution in [1.82, 2.24) is 14.8 Å². The molecule has 0 atom stereocenters. The van der Waals surface area contributed by atoms with Gasteiger partial charge in [-0.25, -0.2) is 4.98 Å². The lowest BCUT2D eigenvalue weighted by Gasteiger charge is -2.07. The molecule has 0 unspecified atom stereocenters. The highest BCUT2D eigenvalue weighted by molar-refractivity contribution is 6.04. The summed E-state index contributed by atoms with van der Waals surface area (Å²) in [6.07, 6.45) is 3.94. The Morgan fingerprint density at radius 1 is 1.53 bits per heavy atom. The minimum absolute atomic E-state index is 0.203. The fourth-order valence-corrected chi connectivity index (χ4v) is 1.89. The third kappa shape index (κ3) is 2.73. The van der Waals surface area contributed by atoms with E-state index in [4.69, 9.17) is 5.73 Å². The molecule has 3 N–H and O–H groups in total. The number of nitrogens with zero attached hydrogens (tertiary/aromatic N) is 3. The maximum atomic E-state index is 12.2. The zero-order valence-electron chi connectivity index (χ0n) is 11.3. The van der Waals surface area contributed by atoms with Gasteiger partial charge in [0.25, 0.3) is 5.91 Å². The topological polar surface area (TPSA) is 85.8 Å². The second kappa shape index (κ2) is 5.09. The summed E-state index contributed by atoms with van der Waals surface area (Å²) < 4.78 is 1.64. The van der Waals surface area contributed by atoms with Crippen molar-refractivity contribution in [3.8, 4) is 0 Å². The molecular formula is C13H17N5O. The summed E-state index contributed by atoms with van der Waals surface area (Å²) in [5.74, 6) is 0.315. The van der Waals surface area contributed by atoms with Gasteiger partial charge in [-0.15, -0.1) is 0 Å². The van der Waals surface area contributed by atoms with Gasteiger partial charge >= 0.3 is 0 Å². The molecule has 2 rings (SSSR count). The number of anilines is 2. The largest absolute Gasteiger partial charge is 0.397 e. The van der Waals surface area contributed by atoms with Crippen LogP contribution in [-0.4, -0.2) is 20.7 Å². The van der Waals surface area contributed by atoms with Crippen LogP contribution in [0.5, 0.6) is 0 Å². The second-order valence-corrected chi connectivity index (χ2v) is 4.40. The summed E-state index contributed by atoms with van der Waals surface area (Å²) in [4.78, 5) is 16.3. The summed E-state index contributed by atoms with van der Waals surface area (Å²) in [6.45, 7) is 3.81. The number of nitrogens with one attached hydrogen (secondary N) is 1. The van der Waals surface area contributed by atoms with Crippen molar-refractivity contribution in [3.05, 3.63) is 35.3 Å². The van der Waals surface area contributed by atoms with Gasteiger partial charge < -0.3 is 11.1 Å². The van der Waals surface area contributed by atoms with E-state index in [-0.39, 0.29) is 5.91 Å². The zero-order valence-corrected chi connectivity index (χ0v) is 11.3. The molecule has 100 valence electrons. The second-order valence-electron chi connectivity index (χ2n) is 4.40. The van der Waals surface area contributed by atoms with Crippen molar-refractivity contribution in [1.29, 1.82) is 0 Å². The summed E-state index contributed by atoms with van der Waals surface area (Å²) in [5, 5.41) is 7.03. The maximum Gasteiger partial charge on any atom is 0.260 e. The van der Waals surface area contributed by atoms with Gasteiger partial charge in [0.15, 0.2) is 0 Å². The molecule has 1 amide bonds. The van der Waals surface area contributed by atoms with Gasteiger partial charge in [-0.05, 0) is 25.0 Å². The number of nitrogen functional groups attached to an aromatic ring is 1. The first kappa shape index (κ1) is 13.1. The highest BCUT2D eigenvalue weighted by Gasteiger charge is 2.15. The Morgan fingerprint density at radius 3 is 2.89 bits per heavy atom. The number of aromatic nitrogens is 3. The van der Waals surface area contributed by atoms with E-state index in [1.54, 1.807) is 24.0 Å².